The number of rotatable bonds is 7. The highest BCUT2D eigenvalue weighted by Crippen LogP contribution is 2.35. The Labute approximate surface area is 183 Å². The molecular weight excluding hydrogens is 448 g/mol. The summed E-state index contributed by atoms with van der Waals surface area (Å²) in [6, 6.07) is 18.4. The molecule has 0 unspecified atom stereocenters. The summed E-state index contributed by atoms with van der Waals surface area (Å²) in [6.07, 6.45) is 3.35. The molecule has 0 radical (unpaired) electrons. The van der Waals surface area contributed by atoms with Gasteiger partial charge in [-0.15, -0.1) is 0 Å². The van der Waals surface area contributed by atoms with Crippen molar-refractivity contribution in [3.8, 4) is 23.0 Å². The van der Waals surface area contributed by atoms with Crippen LogP contribution in [0.2, 0.25) is 0 Å². The fourth-order valence-corrected chi connectivity index (χ4v) is 3.29. The average molecular weight is 467 g/mol. The van der Waals surface area contributed by atoms with Gasteiger partial charge >= 0.3 is 0 Å². The first kappa shape index (κ1) is 20.0. The van der Waals surface area contributed by atoms with Crippen molar-refractivity contribution in [2.75, 3.05) is 13.9 Å². The SMILES string of the molecule is COc1ccc(/C=C/C(=O)c2ccc(Br)cc2)cc1COc1ccc2c(c1)OCO2. The molecule has 4 rings (SSSR count). The molecule has 0 saturated heterocycles. The second-order valence-electron chi connectivity index (χ2n) is 6.58. The van der Waals surface area contributed by atoms with E-state index in [2.05, 4.69) is 15.9 Å². The number of carbonyl (C=O) groups is 1. The van der Waals surface area contributed by atoms with Gasteiger partial charge in [0.05, 0.1) is 7.11 Å². The van der Waals surface area contributed by atoms with E-state index in [1.165, 1.54) is 0 Å². The Bertz CT molecular complexity index is 1090. The maximum Gasteiger partial charge on any atom is 0.231 e. The minimum Gasteiger partial charge on any atom is -0.496 e. The van der Waals surface area contributed by atoms with Crippen LogP contribution in [-0.2, 0) is 6.61 Å². The van der Waals surface area contributed by atoms with Crippen molar-refractivity contribution in [3.05, 3.63) is 87.9 Å². The maximum atomic E-state index is 12.4. The molecular formula is C24H19BrO5. The fraction of sp³-hybridized carbons (Fsp3) is 0.125. The number of fused-ring (bicyclic) bond motifs is 1. The lowest BCUT2D eigenvalue weighted by molar-refractivity contribution is 0.104. The van der Waals surface area contributed by atoms with E-state index < -0.39 is 0 Å². The van der Waals surface area contributed by atoms with Gasteiger partial charge in [0.25, 0.3) is 0 Å². The van der Waals surface area contributed by atoms with Crippen molar-refractivity contribution >= 4 is 27.8 Å². The highest BCUT2D eigenvalue weighted by molar-refractivity contribution is 9.10. The van der Waals surface area contributed by atoms with Gasteiger partial charge in [-0.3, -0.25) is 4.79 Å². The third kappa shape index (κ3) is 4.66. The highest BCUT2D eigenvalue weighted by atomic mass is 79.9. The minimum atomic E-state index is -0.0588. The van der Waals surface area contributed by atoms with E-state index >= 15 is 0 Å². The first-order valence-corrected chi connectivity index (χ1v) is 10.1. The zero-order valence-electron chi connectivity index (χ0n) is 16.3. The van der Waals surface area contributed by atoms with E-state index in [0.29, 0.717) is 35.2 Å². The van der Waals surface area contributed by atoms with Gasteiger partial charge in [-0.05, 0) is 60.2 Å². The molecule has 1 aliphatic rings. The van der Waals surface area contributed by atoms with Crippen LogP contribution >= 0.6 is 15.9 Å². The first-order chi connectivity index (χ1) is 14.6. The van der Waals surface area contributed by atoms with Crippen molar-refractivity contribution in [1.82, 2.24) is 0 Å². The number of hydrogen-bond acceptors (Lipinski definition) is 5. The lowest BCUT2D eigenvalue weighted by atomic mass is 10.1. The monoisotopic (exact) mass is 466 g/mol. The van der Waals surface area contributed by atoms with Crippen molar-refractivity contribution in [1.29, 1.82) is 0 Å². The van der Waals surface area contributed by atoms with Crippen molar-refractivity contribution in [2.24, 2.45) is 0 Å². The Morgan fingerprint density at radius 1 is 1.03 bits per heavy atom. The lowest BCUT2D eigenvalue weighted by Crippen LogP contribution is -1.99. The van der Waals surface area contributed by atoms with Gasteiger partial charge in [-0.2, -0.15) is 0 Å². The molecule has 3 aromatic carbocycles. The summed E-state index contributed by atoms with van der Waals surface area (Å²) in [4.78, 5) is 12.4. The van der Waals surface area contributed by atoms with Crippen LogP contribution in [0, 0.1) is 0 Å². The van der Waals surface area contributed by atoms with Crippen LogP contribution in [0.3, 0.4) is 0 Å². The molecule has 0 fully saturated rings. The summed E-state index contributed by atoms with van der Waals surface area (Å²) in [5.41, 5.74) is 2.38. The molecule has 0 atom stereocenters. The Balaban J connectivity index is 1.47. The largest absolute Gasteiger partial charge is 0.496 e. The number of methoxy groups -OCH3 is 1. The average Bonchev–Trinajstić information content (AvgIpc) is 3.24. The van der Waals surface area contributed by atoms with Crippen LogP contribution in [-0.4, -0.2) is 19.7 Å². The van der Waals surface area contributed by atoms with Crippen molar-refractivity contribution in [2.45, 2.75) is 6.61 Å². The quantitative estimate of drug-likeness (QED) is 0.332. The molecule has 1 heterocycles. The second kappa shape index (κ2) is 9.05. The Morgan fingerprint density at radius 2 is 1.83 bits per heavy atom. The minimum absolute atomic E-state index is 0.0588. The van der Waals surface area contributed by atoms with Crippen LogP contribution in [0.25, 0.3) is 6.08 Å². The maximum absolute atomic E-state index is 12.4. The van der Waals surface area contributed by atoms with E-state index in [0.717, 1.165) is 15.6 Å². The summed E-state index contributed by atoms with van der Waals surface area (Å²) < 4.78 is 23.0. The van der Waals surface area contributed by atoms with E-state index in [-0.39, 0.29) is 12.6 Å². The molecule has 0 spiro atoms. The van der Waals surface area contributed by atoms with Gasteiger partial charge in [0.2, 0.25) is 6.79 Å². The standard InChI is InChI=1S/C24H19BrO5/c1-27-22-10-3-16(2-9-21(26)17-4-6-19(25)7-5-17)12-18(22)14-28-20-8-11-23-24(13-20)30-15-29-23/h2-13H,14-15H2,1H3/b9-2+. The molecule has 0 N–H and O–H groups in total. The van der Waals surface area contributed by atoms with Gasteiger partial charge in [0.15, 0.2) is 17.3 Å². The van der Waals surface area contributed by atoms with Crippen molar-refractivity contribution < 1.29 is 23.7 Å². The molecule has 152 valence electrons. The molecule has 0 aliphatic carbocycles. The van der Waals surface area contributed by atoms with Crippen LogP contribution in [0.1, 0.15) is 21.5 Å². The number of ether oxygens (including phenoxy) is 4. The third-order valence-electron chi connectivity index (χ3n) is 4.60. The van der Waals surface area contributed by atoms with Gasteiger partial charge in [0.1, 0.15) is 18.1 Å². The Hall–Kier alpha value is -3.25. The summed E-state index contributed by atoms with van der Waals surface area (Å²) >= 11 is 3.37. The first-order valence-electron chi connectivity index (χ1n) is 9.30. The van der Waals surface area contributed by atoms with E-state index in [1.807, 2.05) is 42.5 Å². The number of ketones is 1. The summed E-state index contributed by atoms with van der Waals surface area (Å²) in [6.45, 7) is 0.533. The smallest absolute Gasteiger partial charge is 0.231 e. The van der Waals surface area contributed by atoms with Crippen LogP contribution < -0.4 is 18.9 Å². The molecule has 3 aromatic rings. The predicted molar refractivity (Wildman–Crippen MR) is 117 cm³/mol. The van der Waals surface area contributed by atoms with Gasteiger partial charge in [-0.1, -0.05) is 28.1 Å². The molecule has 0 amide bonds. The molecule has 30 heavy (non-hydrogen) atoms. The molecule has 0 aromatic heterocycles. The van der Waals surface area contributed by atoms with E-state index in [9.17, 15) is 4.79 Å². The fourth-order valence-electron chi connectivity index (χ4n) is 3.03. The number of hydrogen-bond donors (Lipinski definition) is 0. The Kier molecular flexibility index (Phi) is 6.05. The third-order valence-corrected chi connectivity index (χ3v) is 5.13. The zero-order chi connectivity index (χ0) is 20.9. The molecule has 0 saturated carbocycles. The number of benzene rings is 3. The van der Waals surface area contributed by atoms with Crippen LogP contribution in [0.4, 0.5) is 0 Å². The normalized spacial score (nSPS) is 12.2. The van der Waals surface area contributed by atoms with E-state index in [4.69, 9.17) is 18.9 Å². The summed E-state index contributed by atoms with van der Waals surface area (Å²) in [5, 5.41) is 0. The molecule has 6 heteroatoms. The van der Waals surface area contributed by atoms with E-state index in [1.54, 1.807) is 37.5 Å². The molecule has 5 nitrogen and oxygen atoms in total. The number of allylic oxidation sites excluding steroid dienone is 1. The number of halogens is 1. The van der Waals surface area contributed by atoms with Gasteiger partial charge < -0.3 is 18.9 Å². The van der Waals surface area contributed by atoms with Crippen LogP contribution in [0.5, 0.6) is 23.0 Å². The summed E-state index contributed by atoms with van der Waals surface area (Å²) in [5.74, 6) is 2.71. The highest BCUT2D eigenvalue weighted by Gasteiger charge is 2.14. The van der Waals surface area contributed by atoms with Gasteiger partial charge in [0, 0.05) is 21.7 Å². The van der Waals surface area contributed by atoms with Crippen LogP contribution in [0.15, 0.2) is 71.2 Å². The predicted octanol–water partition coefficient (Wildman–Crippen LogP) is 5.66. The lowest BCUT2D eigenvalue weighted by Gasteiger charge is -2.11. The zero-order valence-corrected chi connectivity index (χ0v) is 17.8. The number of carbonyl (C=O) groups excluding carboxylic acids is 1. The summed E-state index contributed by atoms with van der Waals surface area (Å²) in [7, 11) is 1.62. The van der Waals surface area contributed by atoms with Crippen molar-refractivity contribution in [3.63, 3.8) is 0 Å². The second-order valence-corrected chi connectivity index (χ2v) is 7.50. The van der Waals surface area contributed by atoms with Gasteiger partial charge in [-0.25, -0.2) is 0 Å². The molecule has 0 bridgehead atoms. The topological polar surface area (TPSA) is 54.0 Å². The Morgan fingerprint density at radius 3 is 2.63 bits per heavy atom. The molecule has 1 aliphatic heterocycles.